The number of esters is 1. The van der Waals surface area contributed by atoms with E-state index in [1.807, 2.05) is 6.08 Å². The molecule has 0 bridgehead atoms. The largest absolute Gasteiger partial charge is 0.451 e. The molecule has 5 heteroatoms. The molecule has 4 nitrogen and oxygen atoms in total. The molecule has 0 amide bonds. The first-order valence-electron chi connectivity index (χ1n) is 11.4. The van der Waals surface area contributed by atoms with Gasteiger partial charge in [0.1, 0.15) is 0 Å². The molecule has 0 aromatic rings. The van der Waals surface area contributed by atoms with Crippen molar-refractivity contribution >= 4 is 29.1 Å². The normalized spacial score (nSPS) is 48.8. The standard InChI is InChI=1S/C25H31ClO4/c1-13(27)25(30-14(2)28)10-8-17-16-11-21(26)20-12-22(29)15-5-6-18(15)24(20,4)19(16)7-9-23(17,25)3/h11-12,15-19H,5-10H2,1-4H3/t15-,16+,17+,18+,19?,23+,24-,25+/m1/s1. The number of ketones is 2. The Morgan fingerprint density at radius 3 is 2.33 bits per heavy atom. The summed E-state index contributed by atoms with van der Waals surface area (Å²) in [6.07, 6.45) is 9.32. The first-order chi connectivity index (χ1) is 14.1. The van der Waals surface area contributed by atoms with E-state index in [9.17, 15) is 14.4 Å². The Hall–Kier alpha value is -1.42. The monoisotopic (exact) mass is 430 g/mol. The van der Waals surface area contributed by atoms with Crippen molar-refractivity contribution in [2.24, 2.45) is 40.4 Å². The van der Waals surface area contributed by atoms with Gasteiger partial charge in [-0.15, -0.1) is 0 Å². The molecule has 0 aromatic heterocycles. The van der Waals surface area contributed by atoms with Crippen LogP contribution in [0.4, 0.5) is 0 Å². The van der Waals surface area contributed by atoms with Crippen LogP contribution in [0.5, 0.6) is 0 Å². The number of hydrogen-bond acceptors (Lipinski definition) is 4. The van der Waals surface area contributed by atoms with Crippen molar-refractivity contribution in [3.05, 3.63) is 22.8 Å². The van der Waals surface area contributed by atoms with Crippen LogP contribution < -0.4 is 0 Å². The van der Waals surface area contributed by atoms with Crippen LogP contribution >= 0.6 is 11.6 Å². The van der Waals surface area contributed by atoms with E-state index in [1.165, 1.54) is 6.92 Å². The summed E-state index contributed by atoms with van der Waals surface area (Å²) >= 11 is 6.84. The highest BCUT2D eigenvalue weighted by atomic mass is 35.5. The maximum atomic E-state index is 12.9. The lowest BCUT2D eigenvalue weighted by molar-refractivity contribution is -0.186. The first-order valence-corrected chi connectivity index (χ1v) is 11.8. The Morgan fingerprint density at radius 1 is 1.03 bits per heavy atom. The van der Waals surface area contributed by atoms with Crippen molar-refractivity contribution in [3.8, 4) is 0 Å². The van der Waals surface area contributed by atoms with Crippen molar-refractivity contribution in [2.75, 3.05) is 0 Å². The molecule has 5 rings (SSSR count). The molecule has 0 N–H and O–H groups in total. The number of halogens is 1. The number of hydrogen-bond donors (Lipinski definition) is 0. The molecule has 0 spiro atoms. The predicted molar refractivity (Wildman–Crippen MR) is 114 cm³/mol. The highest BCUT2D eigenvalue weighted by Crippen LogP contribution is 2.71. The van der Waals surface area contributed by atoms with E-state index in [1.54, 1.807) is 6.92 Å². The van der Waals surface area contributed by atoms with Gasteiger partial charge in [0.15, 0.2) is 17.2 Å². The van der Waals surface area contributed by atoms with Gasteiger partial charge < -0.3 is 4.74 Å². The molecule has 0 heterocycles. The van der Waals surface area contributed by atoms with Crippen LogP contribution in [0.15, 0.2) is 22.8 Å². The van der Waals surface area contributed by atoms with Crippen LogP contribution in [0.2, 0.25) is 0 Å². The van der Waals surface area contributed by atoms with E-state index in [-0.39, 0.29) is 46.1 Å². The third-order valence-electron chi connectivity index (χ3n) is 9.98. The molecule has 8 atom stereocenters. The first kappa shape index (κ1) is 20.5. The van der Waals surface area contributed by atoms with Crippen molar-refractivity contribution < 1.29 is 19.1 Å². The van der Waals surface area contributed by atoms with Crippen LogP contribution in [0, 0.1) is 40.4 Å². The molecule has 162 valence electrons. The molecule has 1 unspecified atom stereocenters. The minimum atomic E-state index is -1.03. The van der Waals surface area contributed by atoms with Gasteiger partial charge in [0, 0.05) is 28.7 Å². The molecule has 30 heavy (non-hydrogen) atoms. The molecule has 0 aliphatic heterocycles. The van der Waals surface area contributed by atoms with Crippen molar-refractivity contribution in [2.45, 2.75) is 71.8 Å². The lowest BCUT2D eigenvalue weighted by Gasteiger charge is -2.62. The molecule has 0 aromatic carbocycles. The molecule has 0 saturated heterocycles. The summed E-state index contributed by atoms with van der Waals surface area (Å²) in [5, 5.41) is 0.717. The highest BCUT2D eigenvalue weighted by molar-refractivity contribution is 6.32. The summed E-state index contributed by atoms with van der Waals surface area (Å²) in [6, 6.07) is 0. The van der Waals surface area contributed by atoms with Crippen molar-refractivity contribution in [3.63, 3.8) is 0 Å². The second-order valence-electron chi connectivity index (χ2n) is 10.8. The lowest BCUT2D eigenvalue weighted by atomic mass is 9.42. The van der Waals surface area contributed by atoms with Crippen LogP contribution in [-0.4, -0.2) is 23.1 Å². The fraction of sp³-hybridized carbons (Fsp3) is 0.720. The van der Waals surface area contributed by atoms with Gasteiger partial charge in [0.2, 0.25) is 0 Å². The Labute approximate surface area is 183 Å². The van der Waals surface area contributed by atoms with Crippen molar-refractivity contribution in [1.82, 2.24) is 0 Å². The van der Waals surface area contributed by atoms with E-state index >= 15 is 0 Å². The van der Waals surface area contributed by atoms with Gasteiger partial charge in [-0.25, -0.2) is 0 Å². The average Bonchev–Trinajstić information content (AvgIpc) is 2.90. The molecule has 0 radical (unpaired) electrons. The van der Waals surface area contributed by atoms with Gasteiger partial charge in [-0.1, -0.05) is 31.5 Å². The Kier molecular flexibility index (Phi) is 4.31. The number of fused-ring (bicyclic) bond motifs is 7. The third-order valence-corrected chi connectivity index (χ3v) is 10.3. The van der Waals surface area contributed by atoms with Gasteiger partial charge >= 0.3 is 5.97 Å². The second kappa shape index (κ2) is 6.31. The predicted octanol–water partition coefficient (Wildman–Crippen LogP) is 5.00. The Balaban J connectivity index is 1.60. The number of allylic oxidation sites excluding steroid dienone is 4. The maximum absolute atomic E-state index is 12.9. The number of carbonyl (C=O) groups excluding carboxylic acids is 3. The van der Waals surface area contributed by atoms with E-state index < -0.39 is 5.60 Å². The summed E-state index contributed by atoms with van der Waals surface area (Å²) in [5.74, 6) is 1.23. The summed E-state index contributed by atoms with van der Waals surface area (Å²) in [4.78, 5) is 37.4. The number of Topliss-reactive ketones (excluding diaryl/α,β-unsaturated/α-hetero) is 1. The van der Waals surface area contributed by atoms with Crippen LogP contribution in [0.1, 0.15) is 66.2 Å². The number of rotatable bonds is 2. The van der Waals surface area contributed by atoms with E-state index in [4.69, 9.17) is 16.3 Å². The van der Waals surface area contributed by atoms with Crippen molar-refractivity contribution in [1.29, 1.82) is 0 Å². The van der Waals surface area contributed by atoms with Crippen LogP contribution in [0.3, 0.4) is 0 Å². The van der Waals surface area contributed by atoms with Gasteiger partial charge in [0.05, 0.1) is 0 Å². The molecular formula is C25H31ClO4. The van der Waals surface area contributed by atoms with Gasteiger partial charge in [0.25, 0.3) is 0 Å². The smallest absolute Gasteiger partial charge is 0.303 e. The van der Waals surface area contributed by atoms with Crippen LogP contribution in [-0.2, 0) is 19.1 Å². The molecule has 5 aliphatic rings. The molecule has 3 saturated carbocycles. The lowest BCUT2D eigenvalue weighted by Crippen LogP contribution is -2.60. The maximum Gasteiger partial charge on any atom is 0.303 e. The minimum Gasteiger partial charge on any atom is -0.451 e. The summed E-state index contributed by atoms with van der Waals surface area (Å²) in [5.41, 5.74) is -0.471. The van der Waals surface area contributed by atoms with Gasteiger partial charge in [-0.2, -0.15) is 0 Å². The highest BCUT2D eigenvalue weighted by Gasteiger charge is 2.69. The molecule has 5 aliphatic carbocycles. The van der Waals surface area contributed by atoms with E-state index in [2.05, 4.69) is 19.9 Å². The Bertz CT molecular complexity index is 918. The van der Waals surface area contributed by atoms with E-state index in [0.29, 0.717) is 18.3 Å². The minimum absolute atomic E-state index is 0.0406. The summed E-state index contributed by atoms with van der Waals surface area (Å²) in [6.45, 7) is 7.45. The average molecular weight is 431 g/mol. The van der Waals surface area contributed by atoms with Crippen LogP contribution in [0.25, 0.3) is 0 Å². The molecular weight excluding hydrogens is 400 g/mol. The zero-order valence-electron chi connectivity index (χ0n) is 18.3. The fourth-order valence-corrected chi connectivity index (χ4v) is 8.82. The molecule has 3 fully saturated rings. The third kappa shape index (κ3) is 2.27. The van der Waals surface area contributed by atoms with E-state index in [0.717, 1.165) is 42.7 Å². The SMILES string of the molecule is CC(=O)O[C@]1(C(C)=O)CC[C@H]2[C@@H]3C=C(Cl)C4=CC(=O)[C@@H]5CC[C@@H]5[C@]4(C)C3CC[C@@]21C. The summed E-state index contributed by atoms with van der Waals surface area (Å²) in [7, 11) is 0. The zero-order chi connectivity index (χ0) is 21.6. The van der Waals surface area contributed by atoms with Gasteiger partial charge in [-0.05, 0) is 80.8 Å². The topological polar surface area (TPSA) is 60.4 Å². The van der Waals surface area contributed by atoms with Gasteiger partial charge in [-0.3, -0.25) is 14.4 Å². The number of carbonyl (C=O) groups is 3. The second-order valence-corrected chi connectivity index (χ2v) is 11.2. The zero-order valence-corrected chi connectivity index (χ0v) is 19.1. The number of ether oxygens (including phenoxy) is 1. The fourth-order valence-electron chi connectivity index (χ4n) is 8.41. The quantitative estimate of drug-likeness (QED) is 0.578. The Morgan fingerprint density at radius 2 is 1.73 bits per heavy atom. The summed E-state index contributed by atoms with van der Waals surface area (Å²) < 4.78 is 5.84.